The molecule has 3 nitrogen and oxygen atoms in total. The van der Waals surface area contributed by atoms with E-state index >= 15 is 0 Å². The minimum absolute atomic E-state index is 1.07. The van der Waals surface area contributed by atoms with Gasteiger partial charge in [0.2, 0.25) is 0 Å². The second-order valence-corrected chi connectivity index (χ2v) is 2.26. The topological polar surface area (TPSA) is 27.3 Å². The molecule has 10 heavy (non-hydrogen) atoms. The smallest absolute Gasteiger partial charge is 0.0142 e. The average Bonchev–Trinajstić information content (AvgIpc) is 1.99. The Bertz CT molecular complexity index is 61.9. The van der Waals surface area contributed by atoms with Gasteiger partial charge in [-0.05, 0) is 27.1 Å². The molecule has 0 aliphatic carbocycles. The van der Waals surface area contributed by atoms with Gasteiger partial charge in [-0.2, -0.15) is 0 Å². The maximum atomic E-state index is 3.12. The molecule has 0 spiro atoms. The first-order valence-corrected chi connectivity index (χ1v) is 3.92. The largest absolute Gasteiger partial charge is 0.320 e. The first kappa shape index (κ1) is 9.88. The summed E-state index contributed by atoms with van der Waals surface area (Å²) in [5.41, 5.74) is 3.12. The molecule has 0 amide bonds. The van der Waals surface area contributed by atoms with Crippen LogP contribution < -0.4 is 10.7 Å². The molecule has 0 aliphatic rings. The van der Waals surface area contributed by atoms with E-state index in [0.717, 1.165) is 19.6 Å². The number of nitrogens with zero attached hydrogens (tertiary/aromatic N) is 1. The number of hydrogen-bond donors (Lipinski definition) is 2. The van der Waals surface area contributed by atoms with E-state index in [1.165, 1.54) is 6.42 Å². The molecule has 0 atom stereocenters. The Labute approximate surface area is 63.8 Å². The quantitative estimate of drug-likeness (QED) is 0.408. The second kappa shape index (κ2) is 6.99. The maximum absolute atomic E-state index is 3.12. The summed E-state index contributed by atoms with van der Waals surface area (Å²) < 4.78 is 0. The van der Waals surface area contributed by atoms with Crippen LogP contribution in [0, 0.1) is 0 Å². The van der Waals surface area contributed by atoms with Gasteiger partial charge in [0.25, 0.3) is 0 Å². The standard InChI is InChI=1S/C7H19N3/c1-4-10(9-3)7-5-6-8-2/h8-9H,4-7H2,1-3H3. The Balaban J connectivity index is 3.09. The molecule has 0 fully saturated rings. The fourth-order valence-corrected chi connectivity index (χ4v) is 0.875. The van der Waals surface area contributed by atoms with Gasteiger partial charge >= 0.3 is 0 Å². The van der Waals surface area contributed by atoms with Crippen LogP contribution in [0.25, 0.3) is 0 Å². The number of nitrogens with one attached hydrogen (secondary N) is 2. The van der Waals surface area contributed by atoms with Gasteiger partial charge in [-0.15, -0.1) is 0 Å². The lowest BCUT2D eigenvalue weighted by Gasteiger charge is -2.18. The fraction of sp³-hybridized carbons (Fsp3) is 1.00. The maximum Gasteiger partial charge on any atom is 0.0142 e. The first-order valence-electron chi connectivity index (χ1n) is 3.92. The highest BCUT2D eigenvalue weighted by atomic mass is 15.5. The molecule has 0 aromatic carbocycles. The van der Waals surface area contributed by atoms with Crippen LogP contribution in [0.4, 0.5) is 0 Å². The summed E-state index contributed by atoms with van der Waals surface area (Å²) in [5.74, 6) is 0. The summed E-state index contributed by atoms with van der Waals surface area (Å²) in [7, 11) is 3.94. The molecule has 0 radical (unpaired) electrons. The minimum atomic E-state index is 1.07. The Morgan fingerprint density at radius 1 is 1.30 bits per heavy atom. The molecule has 0 saturated carbocycles. The van der Waals surface area contributed by atoms with Crippen LogP contribution in [0.1, 0.15) is 13.3 Å². The van der Waals surface area contributed by atoms with Crippen molar-refractivity contribution in [2.75, 3.05) is 33.7 Å². The lowest BCUT2D eigenvalue weighted by atomic mass is 10.4. The van der Waals surface area contributed by atoms with Crippen molar-refractivity contribution in [1.82, 2.24) is 15.8 Å². The Morgan fingerprint density at radius 3 is 2.40 bits per heavy atom. The van der Waals surface area contributed by atoms with Crippen LogP contribution in [0.5, 0.6) is 0 Å². The molecule has 0 unspecified atom stereocenters. The zero-order chi connectivity index (χ0) is 7.82. The highest BCUT2D eigenvalue weighted by Crippen LogP contribution is 1.83. The molecule has 3 heteroatoms. The van der Waals surface area contributed by atoms with E-state index in [1.54, 1.807) is 0 Å². The molecule has 62 valence electrons. The van der Waals surface area contributed by atoms with Gasteiger partial charge in [-0.3, -0.25) is 5.43 Å². The predicted octanol–water partition coefficient (Wildman–Crippen LogP) is 0.0522. The lowest BCUT2D eigenvalue weighted by molar-refractivity contribution is 0.216. The van der Waals surface area contributed by atoms with Gasteiger partial charge in [-0.1, -0.05) is 6.92 Å². The fourth-order valence-electron chi connectivity index (χ4n) is 0.875. The molecule has 2 N–H and O–H groups in total. The summed E-state index contributed by atoms with van der Waals surface area (Å²) in [6, 6.07) is 0. The second-order valence-electron chi connectivity index (χ2n) is 2.26. The molecule has 0 heterocycles. The average molecular weight is 145 g/mol. The van der Waals surface area contributed by atoms with Gasteiger partial charge in [0.1, 0.15) is 0 Å². The van der Waals surface area contributed by atoms with Crippen LogP contribution >= 0.6 is 0 Å². The van der Waals surface area contributed by atoms with Crippen molar-refractivity contribution < 1.29 is 0 Å². The zero-order valence-electron chi connectivity index (χ0n) is 7.28. The SMILES string of the molecule is CCN(CCCNC)NC. The Hall–Kier alpha value is -0.120. The van der Waals surface area contributed by atoms with E-state index in [9.17, 15) is 0 Å². The third-order valence-electron chi connectivity index (χ3n) is 1.55. The lowest BCUT2D eigenvalue weighted by Crippen LogP contribution is -2.36. The zero-order valence-corrected chi connectivity index (χ0v) is 7.28. The van der Waals surface area contributed by atoms with E-state index in [0.29, 0.717) is 0 Å². The van der Waals surface area contributed by atoms with Crippen molar-refractivity contribution in [2.24, 2.45) is 0 Å². The molecule has 0 aromatic rings. The van der Waals surface area contributed by atoms with Gasteiger partial charge in [-0.25, -0.2) is 5.01 Å². The van der Waals surface area contributed by atoms with E-state index in [4.69, 9.17) is 0 Å². The van der Waals surface area contributed by atoms with Gasteiger partial charge in [0.15, 0.2) is 0 Å². The molecular formula is C7H19N3. The summed E-state index contributed by atoms with van der Waals surface area (Å²) in [5, 5.41) is 5.31. The summed E-state index contributed by atoms with van der Waals surface area (Å²) in [4.78, 5) is 0. The van der Waals surface area contributed by atoms with Gasteiger partial charge < -0.3 is 5.32 Å². The van der Waals surface area contributed by atoms with Gasteiger partial charge in [0.05, 0.1) is 0 Å². The van der Waals surface area contributed by atoms with Crippen LogP contribution in [0.3, 0.4) is 0 Å². The minimum Gasteiger partial charge on any atom is -0.320 e. The monoisotopic (exact) mass is 145 g/mol. The molecule has 0 aliphatic heterocycles. The predicted molar refractivity (Wildman–Crippen MR) is 44.9 cm³/mol. The number of hydrazine groups is 1. The summed E-state index contributed by atoms with van der Waals surface area (Å²) in [6.45, 7) is 5.43. The molecule has 0 bridgehead atoms. The Kier molecular flexibility index (Phi) is 6.91. The third-order valence-corrected chi connectivity index (χ3v) is 1.55. The van der Waals surface area contributed by atoms with Crippen molar-refractivity contribution in [1.29, 1.82) is 0 Å². The van der Waals surface area contributed by atoms with Crippen molar-refractivity contribution in [3.8, 4) is 0 Å². The van der Waals surface area contributed by atoms with Crippen LogP contribution in [-0.2, 0) is 0 Å². The van der Waals surface area contributed by atoms with Crippen molar-refractivity contribution in [3.63, 3.8) is 0 Å². The van der Waals surface area contributed by atoms with E-state index in [-0.39, 0.29) is 0 Å². The molecule has 0 saturated heterocycles. The van der Waals surface area contributed by atoms with Crippen LogP contribution in [0.2, 0.25) is 0 Å². The number of hydrogen-bond acceptors (Lipinski definition) is 3. The van der Waals surface area contributed by atoms with Crippen molar-refractivity contribution >= 4 is 0 Å². The summed E-state index contributed by atoms with van der Waals surface area (Å²) >= 11 is 0. The number of rotatable bonds is 6. The van der Waals surface area contributed by atoms with Gasteiger partial charge in [0, 0.05) is 13.1 Å². The van der Waals surface area contributed by atoms with Crippen LogP contribution in [0.15, 0.2) is 0 Å². The van der Waals surface area contributed by atoms with E-state index < -0.39 is 0 Å². The Morgan fingerprint density at radius 2 is 2.00 bits per heavy atom. The van der Waals surface area contributed by atoms with Crippen molar-refractivity contribution in [2.45, 2.75) is 13.3 Å². The van der Waals surface area contributed by atoms with Crippen molar-refractivity contribution in [3.05, 3.63) is 0 Å². The summed E-state index contributed by atoms with van der Waals surface area (Å²) in [6.07, 6.45) is 1.20. The molecule has 0 rings (SSSR count). The molecular weight excluding hydrogens is 126 g/mol. The highest BCUT2D eigenvalue weighted by Gasteiger charge is 1.95. The highest BCUT2D eigenvalue weighted by molar-refractivity contribution is 4.48. The van der Waals surface area contributed by atoms with E-state index in [1.807, 2.05) is 14.1 Å². The first-order chi connectivity index (χ1) is 4.85. The van der Waals surface area contributed by atoms with E-state index in [2.05, 4.69) is 22.7 Å². The van der Waals surface area contributed by atoms with Crippen LogP contribution in [-0.4, -0.2) is 38.7 Å². The normalized spacial score (nSPS) is 10.8. The molecule has 0 aromatic heterocycles. The third kappa shape index (κ3) is 4.73.